The molecule has 0 saturated heterocycles. The molecule has 0 aliphatic heterocycles. The van der Waals surface area contributed by atoms with E-state index in [1.54, 1.807) is 11.3 Å². The van der Waals surface area contributed by atoms with Gasteiger partial charge in [0.15, 0.2) is 0 Å². The molecule has 1 aliphatic carbocycles. The third-order valence-corrected chi connectivity index (χ3v) is 4.30. The van der Waals surface area contributed by atoms with Crippen molar-refractivity contribution in [2.45, 2.75) is 52.4 Å². The zero-order valence-corrected chi connectivity index (χ0v) is 11.5. The molecule has 0 aromatic carbocycles. The van der Waals surface area contributed by atoms with Gasteiger partial charge in [0.2, 0.25) is 0 Å². The van der Waals surface area contributed by atoms with Crippen molar-refractivity contribution in [3.05, 3.63) is 16.1 Å². The van der Waals surface area contributed by atoms with Crippen molar-refractivity contribution in [3.63, 3.8) is 0 Å². The molecular weight excluding hydrogens is 232 g/mol. The molecule has 0 spiro atoms. The standard InChI is InChI=1S/C13H22N2OS/c1-9-3-10(2)5-12(4-9)16-7-11-8-17-13(6-14)15-11/h8-10,12H,3-7,14H2,1-2H3. The Morgan fingerprint density at radius 2 is 2.06 bits per heavy atom. The van der Waals surface area contributed by atoms with Crippen LogP contribution >= 0.6 is 11.3 Å². The molecule has 17 heavy (non-hydrogen) atoms. The summed E-state index contributed by atoms with van der Waals surface area (Å²) in [7, 11) is 0. The fourth-order valence-electron chi connectivity index (χ4n) is 2.72. The van der Waals surface area contributed by atoms with E-state index in [0.717, 1.165) is 22.5 Å². The average molecular weight is 254 g/mol. The molecule has 0 amide bonds. The summed E-state index contributed by atoms with van der Waals surface area (Å²) in [5.41, 5.74) is 6.57. The summed E-state index contributed by atoms with van der Waals surface area (Å²) in [4.78, 5) is 4.42. The maximum Gasteiger partial charge on any atom is 0.107 e. The van der Waals surface area contributed by atoms with E-state index in [9.17, 15) is 0 Å². The second-order valence-electron chi connectivity index (χ2n) is 5.29. The van der Waals surface area contributed by atoms with Crippen LogP contribution in [0.5, 0.6) is 0 Å². The van der Waals surface area contributed by atoms with Crippen LogP contribution in [0.25, 0.3) is 0 Å². The van der Waals surface area contributed by atoms with Gasteiger partial charge in [0.25, 0.3) is 0 Å². The number of aromatic nitrogens is 1. The number of hydrogen-bond donors (Lipinski definition) is 1. The SMILES string of the molecule is CC1CC(C)CC(OCc2csc(CN)n2)C1. The van der Waals surface area contributed by atoms with Crippen LogP contribution in [0.1, 0.15) is 43.8 Å². The predicted molar refractivity (Wildman–Crippen MR) is 70.8 cm³/mol. The van der Waals surface area contributed by atoms with Crippen LogP contribution in [0.4, 0.5) is 0 Å². The Labute approximate surface area is 107 Å². The van der Waals surface area contributed by atoms with E-state index in [1.807, 2.05) is 0 Å². The first-order chi connectivity index (χ1) is 8.17. The summed E-state index contributed by atoms with van der Waals surface area (Å²) in [5.74, 6) is 1.58. The Balaban J connectivity index is 1.81. The minimum absolute atomic E-state index is 0.414. The van der Waals surface area contributed by atoms with E-state index in [2.05, 4.69) is 24.2 Å². The van der Waals surface area contributed by atoms with Crippen LogP contribution < -0.4 is 5.73 Å². The summed E-state index contributed by atoms with van der Waals surface area (Å²) < 4.78 is 5.97. The van der Waals surface area contributed by atoms with Gasteiger partial charge >= 0.3 is 0 Å². The number of nitrogens with zero attached hydrogens (tertiary/aromatic N) is 1. The third kappa shape index (κ3) is 3.76. The highest BCUT2D eigenvalue weighted by atomic mass is 32.1. The quantitative estimate of drug-likeness (QED) is 0.898. The Morgan fingerprint density at radius 1 is 1.35 bits per heavy atom. The number of thiazole rings is 1. The van der Waals surface area contributed by atoms with Crippen molar-refractivity contribution in [1.29, 1.82) is 0 Å². The van der Waals surface area contributed by atoms with E-state index < -0.39 is 0 Å². The molecule has 4 heteroatoms. The van der Waals surface area contributed by atoms with Crippen LogP contribution in [0.2, 0.25) is 0 Å². The lowest BCUT2D eigenvalue weighted by Crippen LogP contribution is -2.26. The average Bonchev–Trinajstić information content (AvgIpc) is 2.73. The van der Waals surface area contributed by atoms with Crippen LogP contribution in [-0.2, 0) is 17.9 Å². The minimum atomic E-state index is 0.414. The molecule has 1 fully saturated rings. The van der Waals surface area contributed by atoms with Gasteiger partial charge < -0.3 is 10.5 Å². The molecule has 2 atom stereocenters. The summed E-state index contributed by atoms with van der Waals surface area (Å²) in [6, 6.07) is 0. The predicted octanol–water partition coefficient (Wildman–Crippen LogP) is 2.94. The number of ether oxygens (including phenoxy) is 1. The minimum Gasteiger partial charge on any atom is -0.372 e. The molecule has 2 N–H and O–H groups in total. The van der Waals surface area contributed by atoms with E-state index in [1.165, 1.54) is 19.3 Å². The molecule has 1 saturated carbocycles. The molecule has 0 radical (unpaired) electrons. The molecule has 3 nitrogen and oxygen atoms in total. The Bertz CT molecular complexity index is 343. The summed E-state index contributed by atoms with van der Waals surface area (Å²) in [5, 5.41) is 3.05. The molecule has 96 valence electrons. The van der Waals surface area contributed by atoms with Crippen molar-refractivity contribution >= 4 is 11.3 Å². The zero-order valence-electron chi connectivity index (χ0n) is 10.7. The van der Waals surface area contributed by atoms with Gasteiger partial charge in [-0.1, -0.05) is 13.8 Å². The molecule has 2 unspecified atom stereocenters. The second kappa shape index (κ2) is 5.94. The highest BCUT2D eigenvalue weighted by molar-refractivity contribution is 7.09. The fourth-order valence-corrected chi connectivity index (χ4v) is 3.38. The number of nitrogens with two attached hydrogens (primary N) is 1. The largest absolute Gasteiger partial charge is 0.372 e. The first-order valence-electron chi connectivity index (χ1n) is 6.42. The van der Waals surface area contributed by atoms with Gasteiger partial charge in [-0.05, 0) is 31.1 Å². The van der Waals surface area contributed by atoms with Crippen LogP contribution in [-0.4, -0.2) is 11.1 Å². The summed E-state index contributed by atoms with van der Waals surface area (Å²) in [6.45, 7) is 5.81. The lowest BCUT2D eigenvalue weighted by molar-refractivity contribution is -0.0103. The first kappa shape index (κ1) is 13.0. The van der Waals surface area contributed by atoms with E-state index in [4.69, 9.17) is 10.5 Å². The number of hydrogen-bond acceptors (Lipinski definition) is 4. The lowest BCUT2D eigenvalue weighted by Gasteiger charge is -2.31. The third-order valence-electron chi connectivity index (χ3n) is 3.38. The van der Waals surface area contributed by atoms with Crippen LogP contribution in [0, 0.1) is 11.8 Å². The van der Waals surface area contributed by atoms with Crippen LogP contribution in [0.3, 0.4) is 0 Å². The molecule has 2 rings (SSSR count). The maximum absolute atomic E-state index is 5.97. The molecule has 1 aliphatic rings. The van der Waals surface area contributed by atoms with Gasteiger partial charge in [-0.2, -0.15) is 0 Å². The topological polar surface area (TPSA) is 48.1 Å². The van der Waals surface area contributed by atoms with Crippen molar-refractivity contribution < 1.29 is 4.74 Å². The number of rotatable bonds is 4. The molecule has 1 aromatic heterocycles. The van der Waals surface area contributed by atoms with Gasteiger partial charge in [0, 0.05) is 11.9 Å². The Morgan fingerprint density at radius 3 is 2.65 bits per heavy atom. The van der Waals surface area contributed by atoms with Crippen molar-refractivity contribution in [2.24, 2.45) is 17.6 Å². The van der Waals surface area contributed by atoms with Gasteiger partial charge in [0.05, 0.1) is 18.4 Å². The lowest BCUT2D eigenvalue weighted by atomic mass is 9.82. The van der Waals surface area contributed by atoms with Gasteiger partial charge in [-0.15, -0.1) is 11.3 Å². The van der Waals surface area contributed by atoms with E-state index >= 15 is 0 Å². The molecule has 0 bridgehead atoms. The Hall–Kier alpha value is -0.450. The second-order valence-corrected chi connectivity index (χ2v) is 6.23. The van der Waals surface area contributed by atoms with Gasteiger partial charge in [0.1, 0.15) is 5.01 Å². The monoisotopic (exact) mass is 254 g/mol. The smallest absolute Gasteiger partial charge is 0.107 e. The first-order valence-corrected chi connectivity index (χ1v) is 7.30. The van der Waals surface area contributed by atoms with Crippen molar-refractivity contribution in [3.8, 4) is 0 Å². The van der Waals surface area contributed by atoms with Crippen LogP contribution in [0.15, 0.2) is 5.38 Å². The zero-order chi connectivity index (χ0) is 12.3. The van der Waals surface area contributed by atoms with E-state index in [0.29, 0.717) is 19.3 Å². The summed E-state index contributed by atoms with van der Waals surface area (Å²) >= 11 is 1.62. The maximum atomic E-state index is 5.97. The van der Waals surface area contributed by atoms with Gasteiger partial charge in [-0.3, -0.25) is 0 Å². The summed E-state index contributed by atoms with van der Waals surface area (Å²) in [6.07, 6.45) is 4.14. The fraction of sp³-hybridized carbons (Fsp3) is 0.769. The highest BCUT2D eigenvalue weighted by Gasteiger charge is 2.24. The highest BCUT2D eigenvalue weighted by Crippen LogP contribution is 2.30. The molecule has 1 heterocycles. The van der Waals surface area contributed by atoms with Crippen molar-refractivity contribution in [2.75, 3.05) is 0 Å². The van der Waals surface area contributed by atoms with Gasteiger partial charge in [-0.25, -0.2) is 4.98 Å². The van der Waals surface area contributed by atoms with Crippen molar-refractivity contribution in [1.82, 2.24) is 4.98 Å². The normalized spacial score (nSPS) is 29.5. The van der Waals surface area contributed by atoms with E-state index in [-0.39, 0.29) is 0 Å². The Kier molecular flexibility index (Phi) is 4.54. The molecule has 1 aromatic rings. The molecular formula is C13H22N2OS.